The van der Waals surface area contributed by atoms with Crippen LogP contribution in [0, 0.1) is 12.7 Å². The molecule has 0 saturated carbocycles. The number of thiophene rings is 1. The topological polar surface area (TPSA) is 0 Å². The van der Waals surface area contributed by atoms with Gasteiger partial charge in [-0.25, -0.2) is 4.39 Å². The van der Waals surface area contributed by atoms with Gasteiger partial charge >= 0.3 is 0 Å². The molecule has 0 saturated heterocycles. The zero-order chi connectivity index (χ0) is 9.97. The molecule has 0 fully saturated rings. The monoisotopic (exact) mass is 206 g/mol. The fourth-order valence-corrected chi connectivity index (χ4v) is 2.36. The Hall–Kier alpha value is -1.15. The lowest BCUT2D eigenvalue weighted by atomic mass is 10.1. The summed E-state index contributed by atoms with van der Waals surface area (Å²) in [6.07, 6.45) is 0.835. The molecule has 1 aromatic carbocycles. The van der Waals surface area contributed by atoms with Crippen molar-refractivity contribution in [2.75, 3.05) is 0 Å². The molecule has 2 rings (SSSR count). The third-order valence-electron chi connectivity index (χ3n) is 2.22. The van der Waals surface area contributed by atoms with Crippen molar-refractivity contribution in [2.45, 2.75) is 13.3 Å². The molecule has 1 aromatic heterocycles. The maximum Gasteiger partial charge on any atom is 0.123 e. The van der Waals surface area contributed by atoms with Gasteiger partial charge in [0, 0.05) is 11.3 Å². The molecule has 0 bridgehead atoms. The number of benzene rings is 1. The predicted molar refractivity (Wildman–Crippen MR) is 58.3 cm³/mol. The van der Waals surface area contributed by atoms with Gasteiger partial charge in [-0.15, -0.1) is 11.3 Å². The number of hydrogen-bond donors (Lipinski definition) is 0. The van der Waals surface area contributed by atoms with Crippen LogP contribution in [0.1, 0.15) is 16.0 Å². The molecule has 0 N–H and O–H groups in total. The summed E-state index contributed by atoms with van der Waals surface area (Å²) in [5, 5.41) is 2.07. The molecular weight excluding hydrogens is 195 g/mol. The highest BCUT2D eigenvalue weighted by Gasteiger charge is 2.01. The first-order valence-electron chi connectivity index (χ1n) is 4.53. The van der Waals surface area contributed by atoms with Crippen LogP contribution in [-0.2, 0) is 6.42 Å². The second kappa shape index (κ2) is 3.93. The van der Waals surface area contributed by atoms with E-state index in [2.05, 4.69) is 18.4 Å². The fourth-order valence-electron chi connectivity index (χ4n) is 1.42. The second-order valence-electron chi connectivity index (χ2n) is 3.33. The molecule has 14 heavy (non-hydrogen) atoms. The molecule has 0 radical (unpaired) electrons. The Balaban J connectivity index is 2.23. The third kappa shape index (κ3) is 2.02. The van der Waals surface area contributed by atoms with Crippen LogP contribution in [0.5, 0.6) is 0 Å². The highest BCUT2D eigenvalue weighted by Crippen LogP contribution is 2.19. The van der Waals surface area contributed by atoms with Gasteiger partial charge in [0.25, 0.3) is 0 Å². The summed E-state index contributed by atoms with van der Waals surface area (Å²) in [6, 6.07) is 8.89. The Bertz CT molecular complexity index is 431. The normalized spacial score (nSPS) is 10.4. The predicted octanol–water partition coefficient (Wildman–Crippen LogP) is 3.79. The van der Waals surface area contributed by atoms with E-state index in [1.807, 2.05) is 6.07 Å². The molecule has 0 spiro atoms. The molecule has 0 amide bonds. The molecule has 0 aliphatic rings. The van der Waals surface area contributed by atoms with E-state index < -0.39 is 0 Å². The number of halogens is 1. The minimum Gasteiger partial charge on any atom is -0.207 e. The van der Waals surface area contributed by atoms with Gasteiger partial charge in [0.15, 0.2) is 0 Å². The Morgan fingerprint density at radius 3 is 2.79 bits per heavy atom. The van der Waals surface area contributed by atoms with Crippen LogP contribution >= 0.6 is 11.3 Å². The van der Waals surface area contributed by atoms with Crippen LogP contribution in [0.4, 0.5) is 4.39 Å². The van der Waals surface area contributed by atoms with Crippen molar-refractivity contribution in [1.82, 2.24) is 0 Å². The summed E-state index contributed by atoms with van der Waals surface area (Å²) in [5.41, 5.74) is 2.33. The molecule has 1 heterocycles. The lowest BCUT2D eigenvalue weighted by molar-refractivity contribution is 0.626. The van der Waals surface area contributed by atoms with Crippen LogP contribution in [-0.4, -0.2) is 0 Å². The fraction of sp³-hybridized carbons (Fsp3) is 0.167. The zero-order valence-electron chi connectivity index (χ0n) is 7.96. The van der Waals surface area contributed by atoms with Gasteiger partial charge in [0.2, 0.25) is 0 Å². The highest BCUT2D eigenvalue weighted by molar-refractivity contribution is 7.10. The molecule has 0 nitrogen and oxygen atoms in total. The molecule has 0 unspecified atom stereocenters. The summed E-state index contributed by atoms with van der Waals surface area (Å²) in [4.78, 5) is 1.32. The molecule has 0 aliphatic carbocycles. The van der Waals surface area contributed by atoms with Crippen LogP contribution < -0.4 is 0 Å². The molecule has 0 atom stereocenters. The Labute approximate surface area is 87.0 Å². The first-order valence-corrected chi connectivity index (χ1v) is 5.41. The van der Waals surface area contributed by atoms with Crippen molar-refractivity contribution in [2.24, 2.45) is 0 Å². The van der Waals surface area contributed by atoms with Crippen LogP contribution in [0.3, 0.4) is 0 Å². The van der Waals surface area contributed by atoms with Crippen molar-refractivity contribution in [3.8, 4) is 0 Å². The van der Waals surface area contributed by atoms with Crippen LogP contribution in [0.15, 0.2) is 35.7 Å². The van der Waals surface area contributed by atoms with E-state index in [0.717, 1.165) is 12.0 Å². The van der Waals surface area contributed by atoms with Gasteiger partial charge in [-0.2, -0.15) is 0 Å². The number of hydrogen-bond acceptors (Lipinski definition) is 1. The molecule has 2 heteroatoms. The Kier molecular flexibility index (Phi) is 2.64. The average molecular weight is 206 g/mol. The van der Waals surface area contributed by atoms with Crippen molar-refractivity contribution < 1.29 is 4.39 Å². The van der Waals surface area contributed by atoms with Gasteiger partial charge in [0.05, 0.1) is 0 Å². The summed E-state index contributed by atoms with van der Waals surface area (Å²) >= 11 is 1.73. The largest absolute Gasteiger partial charge is 0.207 e. The number of rotatable bonds is 2. The molecular formula is C12H11FS. The molecule has 0 aliphatic heterocycles. The van der Waals surface area contributed by atoms with Crippen LogP contribution in [0.25, 0.3) is 0 Å². The second-order valence-corrected chi connectivity index (χ2v) is 4.33. The van der Waals surface area contributed by atoms with E-state index in [1.54, 1.807) is 23.5 Å². The lowest BCUT2D eigenvalue weighted by Gasteiger charge is -2.00. The van der Waals surface area contributed by atoms with E-state index in [0.29, 0.717) is 0 Å². The van der Waals surface area contributed by atoms with Gasteiger partial charge in [-0.1, -0.05) is 12.1 Å². The molecule has 72 valence electrons. The quantitative estimate of drug-likeness (QED) is 0.701. The van der Waals surface area contributed by atoms with E-state index in [-0.39, 0.29) is 5.82 Å². The summed E-state index contributed by atoms with van der Waals surface area (Å²) in [7, 11) is 0. The van der Waals surface area contributed by atoms with Gasteiger partial charge in [0.1, 0.15) is 5.82 Å². The van der Waals surface area contributed by atoms with E-state index in [1.165, 1.54) is 16.5 Å². The standard InChI is InChI=1S/C12H11FS/c1-9-5-6-14-12(9)8-10-3-2-4-11(13)7-10/h2-7H,8H2,1H3. The molecule has 2 aromatic rings. The minimum absolute atomic E-state index is 0.156. The van der Waals surface area contributed by atoms with Gasteiger partial charge in [-0.05, 0) is 41.6 Å². The first-order chi connectivity index (χ1) is 6.75. The van der Waals surface area contributed by atoms with Crippen LogP contribution in [0.2, 0.25) is 0 Å². The minimum atomic E-state index is -0.156. The van der Waals surface area contributed by atoms with E-state index >= 15 is 0 Å². The summed E-state index contributed by atoms with van der Waals surface area (Å²) in [6.45, 7) is 2.09. The van der Waals surface area contributed by atoms with Gasteiger partial charge < -0.3 is 0 Å². The maximum atomic E-state index is 12.9. The smallest absolute Gasteiger partial charge is 0.123 e. The lowest BCUT2D eigenvalue weighted by Crippen LogP contribution is -1.87. The third-order valence-corrected chi connectivity index (χ3v) is 3.24. The Morgan fingerprint density at radius 1 is 1.29 bits per heavy atom. The van der Waals surface area contributed by atoms with Crippen molar-refractivity contribution in [1.29, 1.82) is 0 Å². The summed E-state index contributed by atoms with van der Waals surface area (Å²) < 4.78 is 12.9. The highest BCUT2D eigenvalue weighted by atomic mass is 32.1. The summed E-state index contributed by atoms with van der Waals surface area (Å²) in [5.74, 6) is -0.156. The first kappa shape index (κ1) is 9.41. The van der Waals surface area contributed by atoms with Crippen molar-refractivity contribution in [3.63, 3.8) is 0 Å². The van der Waals surface area contributed by atoms with Crippen molar-refractivity contribution >= 4 is 11.3 Å². The van der Waals surface area contributed by atoms with E-state index in [4.69, 9.17) is 0 Å². The average Bonchev–Trinajstić information content (AvgIpc) is 2.52. The number of aryl methyl sites for hydroxylation is 1. The SMILES string of the molecule is Cc1ccsc1Cc1cccc(F)c1. The zero-order valence-corrected chi connectivity index (χ0v) is 8.77. The maximum absolute atomic E-state index is 12.9. The van der Waals surface area contributed by atoms with Gasteiger partial charge in [-0.3, -0.25) is 0 Å². The van der Waals surface area contributed by atoms with E-state index in [9.17, 15) is 4.39 Å². The van der Waals surface area contributed by atoms with Crippen molar-refractivity contribution in [3.05, 3.63) is 57.5 Å². The Morgan fingerprint density at radius 2 is 2.14 bits per heavy atom.